The number of ether oxygens (including phenoxy) is 1. The SMILES string of the molecule is O=C(O)N1CCCC(Oc2cccc(I)c2)C1. The molecule has 1 heterocycles. The monoisotopic (exact) mass is 347 g/mol. The number of hydrogen-bond acceptors (Lipinski definition) is 2. The molecule has 2 rings (SSSR count). The highest BCUT2D eigenvalue weighted by molar-refractivity contribution is 14.1. The van der Waals surface area contributed by atoms with E-state index in [0.717, 1.165) is 22.2 Å². The largest absolute Gasteiger partial charge is 0.489 e. The average Bonchev–Trinajstić information content (AvgIpc) is 2.29. The Balaban J connectivity index is 1.97. The molecule has 1 aromatic carbocycles. The Bertz CT molecular complexity index is 410. The van der Waals surface area contributed by atoms with Crippen LogP contribution in [0.5, 0.6) is 5.75 Å². The summed E-state index contributed by atoms with van der Waals surface area (Å²) in [7, 11) is 0. The lowest BCUT2D eigenvalue weighted by Crippen LogP contribution is -2.43. The Morgan fingerprint density at radius 3 is 3.06 bits per heavy atom. The summed E-state index contributed by atoms with van der Waals surface area (Å²) in [4.78, 5) is 12.3. The molecular weight excluding hydrogens is 333 g/mol. The second-order valence-corrected chi connectivity index (χ2v) is 5.31. The Morgan fingerprint density at radius 2 is 2.35 bits per heavy atom. The molecule has 1 atom stereocenters. The van der Waals surface area contributed by atoms with Gasteiger partial charge in [-0.3, -0.25) is 0 Å². The van der Waals surface area contributed by atoms with Gasteiger partial charge in [0.1, 0.15) is 11.9 Å². The molecule has 4 nitrogen and oxygen atoms in total. The molecule has 1 aliphatic heterocycles. The lowest BCUT2D eigenvalue weighted by Gasteiger charge is -2.30. The molecule has 0 radical (unpaired) electrons. The summed E-state index contributed by atoms with van der Waals surface area (Å²) in [6, 6.07) is 7.80. The van der Waals surface area contributed by atoms with Gasteiger partial charge >= 0.3 is 6.09 Å². The van der Waals surface area contributed by atoms with E-state index in [0.29, 0.717) is 13.1 Å². The molecule has 5 heteroatoms. The highest BCUT2D eigenvalue weighted by Gasteiger charge is 2.24. The third kappa shape index (κ3) is 3.49. The van der Waals surface area contributed by atoms with E-state index in [1.165, 1.54) is 4.90 Å². The number of carboxylic acid groups (broad SMARTS) is 1. The summed E-state index contributed by atoms with van der Waals surface area (Å²) in [6.07, 6.45) is 0.884. The van der Waals surface area contributed by atoms with Crippen LogP contribution < -0.4 is 4.74 Å². The fraction of sp³-hybridized carbons (Fsp3) is 0.417. The van der Waals surface area contributed by atoms with Crippen molar-refractivity contribution in [3.8, 4) is 5.75 Å². The Kier molecular flexibility index (Phi) is 4.09. The van der Waals surface area contributed by atoms with Crippen molar-refractivity contribution in [2.75, 3.05) is 13.1 Å². The first-order valence-corrected chi connectivity index (χ1v) is 6.63. The van der Waals surface area contributed by atoms with Crippen molar-refractivity contribution in [3.63, 3.8) is 0 Å². The number of benzene rings is 1. The quantitative estimate of drug-likeness (QED) is 0.837. The van der Waals surface area contributed by atoms with E-state index < -0.39 is 6.09 Å². The minimum absolute atomic E-state index is 0.0296. The number of nitrogens with zero attached hydrogens (tertiary/aromatic N) is 1. The summed E-state index contributed by atoms with van der Waals surface area (Å²) >= 11 is 2.23. The van der Waals surface area contributed by atoms with Gasteiger partial charge in [0, 0.05) is 10.1 Å². The molecule has 0 spiro atoms. The van der Waals surface area contributed by atoms with Crippen molar-refractivity contribution >= 4 is 28.7 Å². The van der Waals surface area contributed by atoms with Crippen LogP contribution in [0.2, 0.25) is 0 Å². The van der Waals surface area contributed by atoms with Crippen LogP contribution in [0.1, 0.15) is 12.8 Å². The maximum Gasteiger partial charge on any atom is 0.407 e. The highest BCUT2D eigenvalue weighted by atomic mass is 127. The maximum absolute atomic E-state index is 10.9. The van der Waals surface area contributed by atoms with E-state index in [-0.39, 0.29) is 6.10 Å². The average molecular weight is 347 g/mol. The van der Waals surface area contributed by atoms with Crippen molar-refractivity contribution in [2.24, 2.45) is 0 Å². The number of carbonyl (C=O) groups is 1. The van der Waals surface area contributed by atoms with Crippen LogP contribution in [0.15, 0.2) is 24.3 Å². The first-order chi connectivity index (χ1) is 8.15. The molecule has 1 fully saturated rings. The normalized spacial score (nSPS) is 20.1. The number of likely N-dealkylation sites (tertiary alicyclic amines) is 1. The molecular formula is C12H14INO3. The third-order valence-electron chi connectivity index (χ3n) is 2.75. The molecule has 92 valence electrons. The summed E-state index contributed by atoms with van der Waals surface area (Å²) in [5.74, 6) is 0.814. The first-order valence-electron chi connectivity index (χ1n) is 5.55. The molecule has 0 bridgehead atoms. The Hall–Kier alpha value is -0.980. The molecule has 1 aliphatic rings. The van der Waals surface area contributed by atoms with Gasteiger partial charge in [-0.05, 0) is 53.6 Å². The fourth-order valence-corrected chi connectivity index (χ4v) is 2.46. The minimum atomic E-state index is -0.860. The van der Waals surface area contributed by atoms with Gasteiger partial charge in [-0.2, -0.15) is 0 Å². The van der Waals surface area contributed by atoms with Crippen LogP contribution >= 0.6 is 22.6 Å². The van der Waals surface area contributed by atoms with Crippen molar-refractivity contribution in [1.29, 1.82) is 0 Å². The molecule has 1 aromatic rings. The van der Waals surface area contributed by atoms with Crippen molar-refractivity contribution in [3.05, 3.63) is 27.8 Å². The fourth-order valence-electron chi connectivity index (χ4n) is 1.94. The minimum Gasteiger partial charge on any atom is -0.489 e. The molecule has 1 unspecified atom stereocenters. The highest BCUT2D eigenvalue weighted by Crippen LogP contribution is 2.20. The number of hydrogen-bond donors (Lipinski definition) is 1. The van der Waals surface area contributed by atoms with E-state index in [1.807, 2.05) is 24.3 Å². The van der Waals surface area contributed by atoms with Gasteiger partial charge < -0.3 is 14.7 Å². The molecule has 1 N–H and O–H groups in total. The van der Waals surface area contributed by atoms with E-state index >= 15 is 0 Å². The standard InChI is InChI=1S/C12H14INO3/c13-9-3-1-4-10(7-9)17-11-5-2-6-14(8-11)12(15)16/h1,3-4,7,11H,2,5-6,8H2,(H,15,16). The van der Waals surface area contributed by atoms with E-state index in [9.17, 15) is 4.79 Å². The molecule has 1 amide bonds. The van der Waals surface area contributed by atoms with Crippen LogP contribution in [-0.4, -0.2) is 35.3 Å². The predicted molar refractivity (Wildman–Crippen MR) is 72.4 cm³/mol. The van der Waals surface area contributed by atoms with Crippen LogP contribution in [-0.2, 0) is 0 Å². The van der Waals surface area contributed by atoms with Crippen LogP contribution in [0.4, 0.5) is 4.79 Å². The second kappa shape index (κ2) is 5.57. The zero-order chi connectivity index (χ0) is 12.3. The zero-order valence-electron chi connectivity index (χ0n) is 9.30. The van der Waals surface area contributed by atoms with Crippen LogP contribution in [0.25, 0.3) is 0 Å². The van der Waals surface area contributed by atoms with Gasteiger partial charge in [0.2, 0.25) is 0 Å². The van der Waals surface area contributed by atoms with Gasteiger partial charge in [0.25, 0.3) is 0 Å². The molecule has 1 saturated heterocycles. The maximum atomic E-state index is 10.9. The Labute approximate surface area is 114 Å². The lowest BCUT2D eigenvalue weighted by molar-refractivity contribution is 0.0791. The third-order valence-corrected chi connectivity index (χ3v) is 3.42. The Morgan fingerprint density at radius 1 is 1.53 bits per heavy atom. The van der Waals surface area contributed by atoms with Gasteiger partial charge in [0.15, 0.2) is 0 Å². The van der Waals surface area contributed by atoms with Gasteiger partial charge in [-0.1, -0.05) is 6.07 Å². The summed E-state index contributed by atoms with van der Waals surface area (Å²) < 4.78 is 6.92. The molecule has 0 aromatic heterocycles. The smallest absolute Gasteiger partial charge is 0.407 e. The van der Waals surface area contributed by atoms with Crippen molar-refractivity contribution in [1.82, 2.24) is 4.90 Å². The topological polar surface area (TPSA) is 49.8 Å². The number of amides is 1. The summed E-state index contributed by atoms with van der Waals surface area (Å²) in [5, 5.41) is 8.94. The predicted octanol–water partition coefficient (Wildman–Crippen LogP) is 2.81. The van der Waals surface area contributed by atoms with E-state index in [1.54, 1.807) is 0 Å². The van der Waals surface area contributed by atoms with E-state index in [4.69, 9.17) is 9.84 Å². The molecule has 0 aliphatic carbocycles. The molecule has 0 saturated carbocycles. The van der Waals surface area contributed by atoms with Crippen molar-refractivity contribution < 1.29 is 14.6 Å². The van der Waals surface area contributed by atoms with Gasteiger partial charge in [0.05, 0.1) is 6.54 Å². The van der Waals surface area contributed by atoms with Crippen LogP contribution in [0.3, 0.4) is 0 Å². The lowest BCUT2D eigenvalue weighted by atomic mass is 10.1. The summed E-state index contributed by atoms with van der Waals surface area (Å²) in [5.41, 5.74) is 0. The number of halogens is 1. The molecule has 17 heavy (non-hydrogen) atoms. The van der Waals surface area contributed by atoms with Gasteiger partial charge in [-0.15, -0.1) is 0 Å². The number of piperidine rings is 1. The van der Waals surface area contributed by atoms with Gasteiger partial charge in [-0.25, -0.2) is 4.79 Å². The zero-order valence-corrected chi connectivity index (χ0v) is 11.5. The van der Waals surface area contributed by atoms with Crippen molar-refractivity contribution in [2.45, 2.75) is 18.9 Å². The van der Waals surface area contributed by atoms with Crippen LogP contribution in [0, 0.1) is 3.57 Å². The first kappa shape index (κ1) is 12.5. The second-order valence-electron chi connectivity index (χ2n) is 4.07. The van der Waals surface area contributed by atoms with E-state index in [2.05, 4.69) is 22.6 Å². The number of rotatable bonds is 2. The summed E-state index contributed by atoms with van der Waals surface area (Å²) in [6.45, 7) is 1.07.